The van der Waals surface area contributed by atoms with E-state index in [1.54, 1.807) is 24.4 Å². The number of pyridine rings is 2. The van der Waals surface area contributed by atoms with Gasteiger partial charge in [-0.05, 0) is 55.5 Å². The normalized spacial score (nSPS) is 23.7. The Balaban J connectivity index is 1.47. The SMILES string of the molecule is NC(=O)[C@@]1(O)CC/C=C2/C(c3ccccn3)=NN=C(c3ccc(NC(=O)CO/N=C/C(O)C(O)C(O)CF)cn3)C2CC1. The molecular formula is C28H32FN7O7. The van der Waals surface area contributed by atoms with Crippen LogP contribution in [0, 0.1) is 5.92 Å². The number of oxime groups is 1. The van der Waals surface area contributed by atoms with E-state index in [1.807, 2.05) is 18.2 Å². The summed E-state index contributed by atoms with van der Waals surface area (Å²) in [5.41, 5.74) is 7.22. The molecule has 14 nitrogen and oxygen atoms in total. The summed E-state index contributed by atoms with van der Waals surface area (Å²) in [5, 5.41) is 53.9. The fourth-order valence-corrected chi connectivity index (χ4v) is 4.65. The number of halogens is 1. The topological polar surface area (TPSA) is 225 Å². The Morgan fingerprint density at radius 3 is 2.65 bits per heavy atom. The van der Waals surface area contributed by atoms with Crippen molar-refractivity contribution in [1.82, 2.24) is 9.97 Å². The number of primary amides is 1. The number of allylic oxidation sites excluding steroid dienone is 2. The molecule has 43 heavy (non-hydrogen) atoms. The first-order chi connectivity index (χ1) is 20.6. The van der Waals surface area contributed by atoms with Crippen molar-refractivity contribution < 1.29 is 39.2 Å². The minimum atomic E-state index is -1.81. The van der Waals surface area contributed by atoms with Crippen LogP contribution in [0.3, 0.4) is 0 Å². The molecule has 3 heterocycles. The first-order valence-corrected chi connectivity index (χ1v) is 13.4. The van der Waals surface area contributed by atoms with Crippen molar-refractivity contribution in [2.75, 3.05) is 18.6 Å². The number of hydrogen-bond acceptors (Lipinski definition) is 12. The first-order valence-electron chi connectivity index (χ1n) is 13.4. The molecule has 5 atom stereocenters. The maximum Gasteiger partial charge on any atom is 0.265 e. The van der Waals surface area contributed by atoms with Crippen LogP contribution in [0.5, 0.6) is 0 Å². The van der Waals surface area contributed by atoms with E-state index in [0.29, 0.717) is 41.3 Å². The van der Waals surface area contributed by atoms with E-state index < -0.39 is 49.0 Å². The predicted octanol–water partition coefficient (Wildman–Crippen LogP) is 0.00970. The fourth-order valence-electron chi connectivity index (χ4n) is 4.65. The Bertz CT molecular complexity index is 1420. The summed E-state index contributed by atoms with van der Waals surface area (Å²) in [6.07, 6.45) is 1.42. The number of nitrogens with two attached hydrogens (primary N) is 1. The molecule has 0 fully saturated rings. The van der Waals surface area contributed by atoms with Gasteiger partial charge < -0.3 is 36.3 Å². The van der Waals surface area contributed by atoms with Crippen molar-refractivity contribution in [2.45, 2.75) is 49.6 Å². The maximum atomic E-state index is 12.4. The summed E-state index contributed by atoms with van der Waals surface area (Å²) in [7, 11) is 0. The van der Waals surface area contributed by atoms with Crippen LogP contribution >= 0.6 is 0 Å². The van der Waals surface area contributed by atoms with Crippen LogP contribution in [0.2, 0.25) is 0 Å². The van der Waals surface area contributed by atoms with Crippen LogP contribution in [0.1, 0.15) is 37.1 Å². The molecule has 2 aromatic heterocycles. The highest BCUT2D eigenvalue weighted by Gasteiger charge is 2.39. The van der Waals surface area contributed by atoms with E-state index in [1.165, 1.54) is 6.20 Å². The van der Waals surface area contributed by atoms with E-state index in [9.17, 15) is 34.4 Å². The summed E-state index contributed by atoms with van der Waals surface area (Å²) in [6, 6.07) is 8.69. The second-order valence-corrected chi connectivity index (χ2v) is 10.0. The number of aliphatic hydroxyl groups excluding tert-OH is 3. The van der Waals surface area contributed by atoms with Gasteiger partial charge in [0.1, 0.15) is 36.3 Å². The molecule has 0 saturated heterocycles. The molecule has 4 unspecified atom stereocenters. The highest BCUT2D eigenvalue weighted by atomic mass is 19.1. The molecule has 1 aliphatic heterocycles. The van der Waals surface area contributed by atoms with Crippen LogP contribution in [-0.2, 0) is 14.4 Å². The van der Waals surface area contributed by atoms with Gasteiger partial charge in [-0.1, -0.05) is 17.3 Å². The summed E-state index contributed by atoms with van der Waals surface area (Å²) in [6.45, 7) is -1.81. The molecule has 15 heteroatoms. The molecule has 2 aliphatic rings. The highest BCUT2D eigenvalue weighted by Crippen LogP contribution is 2.35. The van der Waals surface area contributed by atoms with Gasteiger partial charge in [0.15, 0.2) is 6.61 Å². The van der Waals surface area contributed by atoms with Crippen molar-refractivity contribution in [3.8, 4) is 0 Å². The smallest absolute Gasteiger partial charge is 0.265 e. The van der Waals surface area contributed by atoms with Crippen molar-refractivity contribution in [3.05, 3.63) is 65.8 Å². The van der Waals surface area contributed by atoms with Crippen molar-refractivity contribution in [2.24, 2.45) is 27.0 Å². The average Bonchev–Trinajstić information content (AvgIpc) is 3.01. The molecule has 7 N–H and O–H groups in total. The number of rotatable bonds is 11. The number of anilines is 1. The third-order valence-corrected chi connectivity index (χ3v) is 7.07. The number of nitrogens with zero attached hydrogens (tertiary/aromatic N) is 5. The van der Waals surface area contributed by atoms with Crippen LogP contribution in [0.25, 0.3) is 0 Å². The third-order valence-electron chi connectivity index (χ3n) is 7.07. The second-order valence-electron chi connectivity index (χ2n) is 10.0. The standard InChI is InChI=1S/C28H32FN7O7/c29-12-21(37)26(40)22(38)14-33-43-15-23(39)34-16-6-7-20(32-13-16)25-18-8-10-28(42,27(30)41)9-3-4-17(18)24(35-36-25)19-5-1-2-11-31-19/h1-2,4-7,11,13-14,18,21-22,26,37-38,40,42H,3,8-10,12,15H2,(H2,30,41)(H,34,39)/b17-4+,33-14+/t18?,21?,22?,26?,28-/m1/s1. The molecule has 1 aliphatic carbocycles. The van der Waals surface area contributed by atoms with Gasteiger partial charge in [-0.25, -0.2) is 4.39 Å². The Morgan fingerprint density at radius 1 is 1.16 bits per heavy atom. The monoisotopic (exact) mass is 597 g/mol. The van der Waals surface area contributed by atoms with Gasteiger partial charge in [0.2, 0.25) is 5.91 Å². The number of aliphatic hydroxyl groups is 4. The lowest BCUT2D eigenvalue weighted by Gasteiger charge is -2.32. The van der Waals surface area contributed by atoms with Crippen molar-refractivity contribution in [1.29, 1.82) is 0 Å². The Hall–Kier alpha value is -4.44. The van der Waals surface area contributed by atoms with Crippen molar-refractivity contribution >= 4 is 35.1 Å². The van der Waals surface area contributed by atoms with Gasteiger partial charge in [-0.15, -0.1) is 5.10 Å². The molecule has 0 bridgehead atoms. The maximum absolute atomic E-state index is 12.4. The number of alkyl halides is 1. The van der Waals surface area contributed by atoms with E-state index in [-0.39, 0.29) is 18.8 Å². The van der Waals surface area contributed by atoms with Crippen LogP contribution < -0.4 is 11.1 Å². The van der Waals surface area contributed by atoms with Crippen LogP contribution in [0.4, 0.5) is 10.1 Å². The zero-order valence-electron chi connectivity index (χ0n) is 23.0. The molecular weight excluding hydrogens is 565 g/mol. The number of amides is 2. The number of carbonyl (C=O) groups is 2. The highest BCUT2D eigenvalue weighted by molar-refractivity contribution is 6.19. The lowest BCUT2D eigenvalue weighted by atomic mass is 9.76. The molecule has 0 saturated carbocycles. The van der Waals surface area contributed by atoms with E-state index in [4.69, 9.17) is 10.6 Å². The van der Waals surface area contributed by atoms with Gasteiger partial charge in [0.25, 0.3) is 5.91 Å². The summed E-state index contributed by atoms with van der Waals surface area (Å²) in [5.74, 6) is -1.77. The second kappa shape index (κ2) is 14.2. The largest absolute Gasteiger partial charge is 0.388 e. The van der Waals surface area contributed by atoms with E-state index in [0.717, 1.165) is 11.8 Å². The van der Waals surface area contributed by atoms with Crippen LogP contribution in [0.15, 0.2) is 69.7 Å². The quantitative estimate of drug-likeness (QED) is 0.151. The number of carbonyl (C=O) groups excluding carboxylic acids is 2. The zero-order chi connectivity index (χ0) is 31.0. The molecule has 0 spiro atoms. The summed E-state index contributed by atoms with van der Waals surface area (Å²) < 4.78 is 12.4. The Labute approximate surface area is 245 Å². The number of nitrogens with one attached hydrogen (secondary N) is 1. The molecule has 2 aromatic rings. The van der Waals surface area contributed by atoms with Crippen LogP contribution in [-0.4, -0.2) is 97.0 Å². The zero-order valence-corrected chi connectivity index (χ0v) is 23.0. The molecule has 4 rings (SSSR count). The molecule has 228 valence electrons. The number of hydrogen-bond donors (Lipinski definition) is 6. The lowest BCUT2D eigenvalue weighted by molar-refractivity contribution is -0.137. The fraction of sp³-hybridized carbons (Fsp3) is 0.393. The Kier molecular flexibility index (Phi) is 10.4. The summed E-state index contributed by atoms with van der Waals surface area (Å²) in [4.78, 5) is 37.9. The average molecular weight is 598 g/mol. The summed E-state index contributed by atoms with van der Waals surface area (Å²) >= 11 is 0. The van der Waals surface area contributed by atoms with Crippen molar-refractivity contribution in [3.63, 3.8) is 0 Å². The van der Waals surface area contributed by atoms with Gasteiger partial charge in [-0.3, -0.25) is 19.6 Å². The van der Waals surface area contributed by atoms with E-state index >= 15 is 0 Å². The Morgan fingerprint density at radius 2 is 1.98 bits per heavy atom. The first kappa shape index (κ1) is 31.5. The molecule has 2 amide bonds. The van der Waals surface area contributed by atoms with Gasteiger partial charge in [0, 0.05) is 12.1 Å². The number of fused-ring (bicyclic) bond motifs is 1. The molecule has 0 aromatic carbocycles. The number of aromatic nitrogens is 2. The van der Waals surface area contributed by atoms with Gasteiger partial charge in [0.05, 0.1) is 35.2 Å². The van der Waals surface area contributed by atoms with E-state index in [2.05, 4.69) is 30.6 Å². The lowest BCUT2D eigenvalue weighted by Crippen LogP contribution is -2.45. The van der Waals surface area contributed by atoms with Gasteiger partial charge in [-0.2, -0.15) is 5.10 Å². The third kappa shape index (κ3) is 7.70. The van der Waals surface area contributed by atoms with Gasteiger partial charge >= 0.3 is 0 Å². The minimum absolute atomic E-state index is 0.113. The minimum Gasteiger partial charge on any atom is -0.388 e. The molecule has 0 radical (unpaired) electrons. The predicted molar refractivity (Wildman–Crippen MR) is 153 cm³/mol.